The quantitative estimate of drug-likeness (QED) is 0.772. The second-order valence-corrected chi connectivity index (χ2v) is 6.25. The molecule has 0 radical (unpaired) electrons. The first-order valence-corrected chi connectivity index (χ1v) is 8.07. The number of hydrogen-bond acceptors (Lipinski definition) is 3. The van der Waals surface area contributed by atoms with Gasteiger partial charge in [-0.25, -0.2) is 4.79 Å². The van der Waals surface area contributed by atoms with E-state index in [9.17, 15) is 14.4 Å². The maximum atomic E-state index is 12.3. The van der Waals surface area contributed by atoms with E-state index in [-0.39, 0.29) is 30.3 Å². The number of benzene rings is 1. The molecule has 7 nitrogen and oxygen atoms in total. The molecule has 1 heterocycles. The van der Waals surface area contributed by atoms with Crippen LogP contribution in [0.1, 0.15) is 25.3 Å². The van der Waals surface area contributed by atoms with Crippen LogP contribution in [0.2, 0.25) is 0 Å². The number of rotatable bonds is 4. The number of hydrogen-bond donors (Lipinski definition) is 3. The molecule has 1 fully saturated rings. The van der Waals surface area contributed by atoms with Gasteiger partial charge >= 0.3 is 6.03 Å². The molecule has 1 aliphatic rings. The number of primary amides is 1. The van der Waals surface area contributed by atoms with E-state index >= 15 is 0 Å². The van der Waals surface area contributed by atoms with Gasteiger partial charge in [0.1, 0.15) is 0 Å². The number of carbonyl (C=O) groups excluding carboxylic acids is 3. The first-order chi connectivity index (χ1) is 11.4. The lowest BCUT2D eigenvalue weighted by molar-refractivity contribution is -0.136. The molecule has 0 spiro atoms. The Morgan fingerprint density at radius 1 is 1.29 bits per heavy atom. The molecule has 1 saturated heterocycles. The summed E-state index contributed by atoms with van der Waals surface area (Å²) in [7, 11) is 0. The fourth-order valence-electron chi connectivity index (χ4n) is 2.84. The molecule has 2 rings (SSSR count). The minimum atomic E-state index is -0.440. The zero-order chi connectivity index (χ0) is 17.7. The van der Waals surface area contributed by atoms with Crippen molar-refractivity contribution in [2.24, 2.45) is 11.7 Å². The van der Waals surface area contributed by atoms with Crippen LogP contribution in [0.15, 0.2) is 24.3 Å². The van der Waals surface area contributed by atoms with Crippen molar-refractivity contribution in [2.75, 3.05) is 18.4 Å². The lowest BCUT2D eigenvalue weighted by atomic mass is 9.93. The summed E-state index contributed by atoms with van der Waals surface area (Å²) in [6.07, 6.45) is 1.43. The van der Waals surface area contributed by atoms with Gasteiger partial charge in [0, 0.05) is 18.3 Å². The van der Waals surface area contributed by atoms with Crippen molar-refractivity contribution < 1.29 is 14.4 Å². The molecule has 0 aliphatic carbocycles. The van der Waals surface area contributed by atoms with E-state index in [1.165, 1.54) is 0 Å². The van der Waals surface area contributed by atoms with Crippen LogP contribution in [0.5, 0.6) is 0 Å². The number of carbonyl (C=O) groups is 3. The molecule has 2 atom stereocenters. The Morgan fingerprint density at radius 3 is 2.71 bits per heavy atom. The summed E-state index contributed by atoms with van der Waals surface area (Å²) < 4.78 is 0. The maximum absolute atomic E-state index is 12.3. The number of urea groups is 1. The molecule has 0 saturated carbocycles. The first kappa shape index (κ1) is 17.8. The van der Waals surface area contributed by atoms with Crippen LogP contribution in [-0.2, 0) is 9.59 Å². The number of nitrogens with one attached hydrogen (secondary N) is 2. The van der Waals surface area contributed by atoms with Gasteiger partial charge in [0.15, 0.2) is 0 Å². The zero-order valence-electron chi connectivity index (χ0n) is 14.0. The third kappa shape index (κ3) is 4.71. The van der Waals surface area contributed by atoms with Gasteiger partial charge in [-0.3, -0.25) is 9.59 Å². The summed E-state index contributed by atoms with van der Waals surface area (Å²) in [6, 6.07) is 6.99. The third-order valence-electron chi connectivity index (χ3n) is 4.28. The van der Waals surface area contributed by atoms with Crippen molar-refractivity contribution in [2.45, 2.75) is 32.7 Å². The molecule has 1 aliphatic heterocycles. The largest absolute Gasteiger partial charge is 0.369 e. The standard InChI is InChI=1S/C17H24N4O3/c1-11-4-3-5-14(8-11)20-17(24)19-9-15(22)21-10-13(16(18)23)7-6-12(21)2/h3-5,8,12-13H,6-7,9-10H2,1-2H3,(H2,18,23)(H2,19,20,24). The minimum absolute atomic E-state index is 0.0368. The molecule has 1 aromatic carbocycles. The first-order valence-electron chi connectivity index (χ1n) is 8.07. The Hall–Kier alpha value is -2.57. The minimum Gasteiger partial charge on any atom is -0.369 e. The van der Waals surface area contributed by atoms with E-state index in [0.29, 0.717) is 18.7 Å². The van der Waals surface area contributed by atoms with Gasteiger partial charge in [-0.2, -0.15) is 0 Å². The highest BCUT2D eigenvalue weighted by Gasteiger charge is 2.31. The number of nitrogens with two attached hydrogens (primary N) is 1. The van der Waals surface area contributed by atoms with E-state index < -0.39 is 6.03 Å². The number of amides is 4. The van der Waals surface area contributed by atoms with Crippen LogP contribution in [0, 0.1) is 12.8 Å². The van der Waals surface area contributed by atoms with Crippen LogP contribution >= 0.6 is 0 Å². The van der Waals surface area contributed by atoms with Crippen molar-refractivity contribution in [3.63, 3.8) is 0 Å². The highest BCUT2D eigenvalue weighted by atomic mass is 16.2. The molecular formula is C17H24N4O3. The van der Waals surface area contributed by atoms with Crippen LogP contribution in [0.25, 0.3) is 0 Å². The topological polar surface area (TPSA) is 105 Å². The average molecular weight is 332 g/mol. The molecule has 0 bridgehead atoms. The van der Waals surface area contributed by atoms with Crippen LogP contribution in [0.4, 0.5) is 10.5 Å². The van der Waals surface area contributed by atoms with Crippen molar-refractivity contribution in [3.8, 4) is 0 Å². The predicted octanol–water partition coefficient (Wildman–Crippen LogP) is 1.23. The van der Waals surface area contributed by atoms with Crippen molar-refractivity contribution in [1.82, 2.24) is 10.2 Å². The summed E-state index contributed by atoms with van der Waals surface area (Å²) in [5, 5.41) is 5.24. The Kier molecular flexibility index (Phi) is 5.78. The monoisotopic (exact) mass is 332 g/mol. The van der Waals surface area contributed by atoms with Gasteiger partial charge in [-0.1, -0.05) is 12.1 Å². The molecule has 7 heteroatoms. The molecule has 0 aromatic heterocycles. The molecular weight excluding hydrogens is 308 g/mol. The van der Waals surface area contributed by atoms with Gasteiger partial charge < -0.3 is 21.3 Å². The fraction of sp³-hybridized carbons (Fsp3) is 0.471. The highest BCUT2D eigenvalue weighted by Crippen LogP contribution is 2.21. The number of aryl methyl sites for hydroxylation is 1. The highest BCUT2D eigenvalue weighted by molar-refractivity contribution is 5.92. The molecule has 1 aromatic rings. The summed E-state index contributed by atoms with van der Waals surface area (Å²) in [5.41, 5.74) is 7.04. The summed E-state index contributed by atoms with van der Waals surface area (Å²) in [6.45, 7) is 4.06. The third-order valence-corrected chi connectivity index (χ3v) is 4.28. The molecule has 4 amide bonds. The van der Waals surface area contributed by atoms with Gasteiger partial charge in [-0.05, 0) is 44.4 Å². The molecule has 130 valence electrons. The molecule has 2 unspecified atom stereocenters. The second-order valence-electron chi connectivity index (χ2n) is 6.25. The predicted molar refractivity (Wildman–Crippen MR) is 91.3 cm³/mol. The van der Waals surface area contributed by atoms with E-state index in [1.807, 2.05) is 32.0 Å². The smallest absolute Gasteiger partial charge is 0.319 e. The van der Waals surface area contributed by atoms with Gasteiger partial charge in [0.05, 0.1) is 12.5 Å². The lowest BCUT2D eigenvalue weighted by Gasteiger charge is -2.37. The molecule has 4 N–H and O–H groups in total. The number of likely N-dealkylation sites (tertiary alicyclic amines) is 1. The summed E-state index contributed by atoms with van der Waals surface area (Å²) in [4.78, 5) is 37.2. The van der Waals surface area contributed by atoms with Gasteiger partial charge in [0.25, 0.3) is 0 Å². The fourth-order valence-corrected chi connectivity index (χ4v) is 2.84. The van der Waals surface area contributed by atoms with Gasteiger partial charge in [-0.15, -0.1) is 0 Å². The van der Waals surface area contributed by atoms with E-state index in [0.717, 1.165) is 12.0 Å². The van der Waals surface area contributed by atoms with Crippen molar-refractivity contribution in [1.29, 1.82) is 0 Å². The van der Waals surface area contributed by atoms with E-state index in [1.54, 1.807) is 11.0 Å². The molecule has 24 heavy (non-hydrogen) atoms. The normalized spacial score (nSPS) is 20.3. The van der Waals surface area contributed by atoms with Crippen LogP contribution in [-0.4, -0.2) is 41.9 Å². The SMILES string of the molecule is Cc1cccc(NC(=O)NCC(=O)N2CC(C(N)=O)CCC2C)c1. The zero-order valence-corrected chi connectivity index (χ0v) is 14.0. The average Bonchev–Trinajstić information content (AvgIpc) is 2.52. The summed E-state index contributed by atoms with van der Waals surface area (Å²) >= 11 is 0. The van der Waals surface area contributed by atoms with Crippen molar-refractivity contribution in [3.05, 3.63) is 29.8 Å². The Morgan fingerprint density at radius 2 is 2.04 bits per heavy atom. The van der Waals surface area contributed by atoms with Gasteiger partial charge in [0.2, 0.25) is 11.8 Å². The van der Waals surface area contributed by atoms with E-state index in [4.69, 9.17) is 5.73 Å². The number of anilines is 1. The Bertz CT molecular complexity index is 632. The number of nitrogens with zero attached hydrogens (tertiary/aromatic N) is 1. The van der Waals surface area contributed by atoms with E-state index in [2.05, 4.69) is 10.6 Å². The Labute approximate surface area is 141 Å². The number of piperidine rings is 1. The second kappa shape index (κ2) is 7.81. The van der Waals surface area contributed by atoms with Crippen LogP contribution in [0.3, 0.4) is 0 Å². The van der Waals surface area contributed by atoms with Crippen molar-refractivity contribution >= 4 is 23.5 Å². The maximum Gasteiger partial charge on any atom is 0.319 e. The van der Waals surface area contributed by atoms with Crippen LogP contribution < -0.4 is 16.4 Å². The summed E-state index contributed by atoms with van der Waals surface area (Å²) in [5.74, 6) is -0.913. The Balaban J connectivity index is 1.85. The lowest BCUT2D eigenvalue weighted by Crippen LogP contribution is -2.51.